The molecule has 2 aromatic rings. The van der Waals surface area contributed by atoms with E-state index in [9.17, 15) is 8.42 Å². The number of rotatable bonds is 7. The molecule has 1 aromatic carbocycles. The first-order chi connectivity index (χ1) is 13.7. The number of furan rings is 1. The Morgan fingerprint density at radius 1 is 1.10 bits per heavy atom. The summed E-state index contributed by atoms with van der Waals surface area (Å²) in [6.07, 6.45) is 1.97. The van der Waals surface area contributed by atoms with E-state index in [0.29, 0.717) is 17.4 Å². The zero-order valence-corrected chi connectivity index (χ0v) is 18.9. The van der Waals surface area contributed by atoms with Crippen LogP contribution in [0.4, 0.5) is 0 Å². The highest BCUT2D eigenvalue weighted by Gasteiger charge is 2.23. The molecular formula is C22H32N2O4S. The van der Waals surface area contributed by atoms with Crippen LogP contribution >= 0.6 is 0 Å². The normalized spacial score (nSPS) is 16.3. The van der Waals surface area contributed by atoms with Crippen molar-refractivity contribution >= 4 is 10.0 Å². The average Bonchev–Trinajstić information content (AvgIpc) is 2.98. The third kappa shape index (κ3) is 5.21. The molecule has 1 saturated heterocycles. The highest BCUT2D eigenvalue weighted by molar-refractivity contribution is 7.89. The van der Waals surface area contributed by atoms with Gasteiger partial charge in [-0.1, -0.05) is 0 Å². The lowest BCUT2D eigenvalue weighted by Gasteiger charge is -2.31. The summed E-state index contributed by atoms with van der Waals surface area (Å²) in [4.78, 5) is 2.72. The van der Waals surface area contributed by atoms with Gasteiger partial charge in [0.2, 0.25) is 10.0 Å². The first-order valence-corrected chi connectivity index (χ1v) is 11.6. The minimum absolute atomic E-state index is 0.302. The molecule has 3 rings (SSSR count). The van der Waals surface area contributed by atoms with Crippen LogP contribution in [0.3, 0.4) is 0 Å². The Labute approximate surface area is 174 Å². The van der Waals surface area contributed by atoms with Crippen molar-refractivity contribution in [1.82, 2.24) is 9.62 Å². The average molecular weight is 421 g/mol. The molecule has 1 aliphatic heterocycles. The summed E-state index contributed by atoms with van der Waals surface area (Å²) < 4.78 is 39.3. The molecule has 160 valence electrons. The van der Waals surface area contributed by atoms with E-state index in [2.05, 4.69) is 15.7 Å². The number of benzene rings is 1. The van der Waals surface area contributed by atoms with E-state index in [1.54, 1.807) is 19.2 Å². The first kappa shape index (κ1) is 21.9. The quantitative estimate of drug-likeness (QED) is 0.739. The lowest BCUT2D eigenvalue weighted by Crippen LogP contribution is -2.38. The summed E-state index contributed by atoms with van der Waals surface area (Å²) in [6, 6.07) is 5.45. The number of hydrogen-bond acceptors (Lipinski definition) is 5. The van der Waals surface area contributed by atoms with Crippen molar-refractivity contribution in [3.8, 4) is 5.75 Å². The highest BCUT2D eigenvalue weighted by Crippen LogP contribution is 2.27. The van der Waals surface area contributed by atoms with Crippen molar-refractivity contribution in [2.24, 2.45) is 5.92 Å². The number of aryl methyl sites for hydroxylation is 4. The number of hydrogen-bond donors (Lipinski definition) is 1. The van der Waals surface area contributed by atoms with E-state index >= 15 is 0 Å². The maximum atomic E-state index is 12.8. The molecule has 1 fully saturated rings. The molecule has 29 heavy (non-hydrogen) atoms. The van der Waals surface area contributed by atoms with Gasteiger partial charge in [0, 0.05) is 18.7 Å². The monoisotopic (exact) mass is 420 g/mol. The van der Waals surface area contributed by atoms with Gasteiger partial charge >= 0.3 is 0 Å². The molecule has 2 heterocycles. The van der Waals surface area contributed by atoms with E-state index in [1.807, 2.05) is 27.7 Å². The number of sulfonamides is 1. The van der Waals surface area contributed by atoms with Gasteiger partial charge in [0.25, 0.3) is 0 Å². The van der Waals surface area contributed by atoms with E-state index in [-0.39, 0.29) is 0 Å². The number of likely N-dealkylation sites (tertiary alicyclic amines) is 1. The van der Waals surface area contributed by atoms with Crippen molar-refractivity contribution in [3.05, 3.63) is 46.4 Å². The lowest BCUT2D eigenvalue weighted by molar-refractivity contribution is 0.178. The van der Waals surface area contributed by atoms with Crippen molar-refractivity contribution in [3.63, 3.8) is 0 Å². The molecule has 1 aliphatic rings. The van der Waals surface area contributed by atoms with Crippen LogP contribution in [0.25, 0.3) is 0 Å². The van der Waals surface area contributed by atoms with Crippen LogP contribution in [0.5, 0.6) is 5.75 Å². The summed E-state index contributed by atoms with van der Waals surface area (Å²) in [5.41, 5.74) is 2.89. The lowest BCUT2D eigenvalue weighted by atomic mass is 9.97. The zero-order chi connectivity index (χ0) is 21.2. The Morgan fingerprint density at radius 2 is 1.72 bits per heavy atom. The van der Waals surface area contributed by atoms with Crippen LogP contribution in [-0.2, 0) is 16.6 Å². The molecule has 0 radical (unpaired) electrons. The SMILES string of the molecule is COc1c(C)cc(S(=O)(=O)NCC2CCN(Cc3cc(C)oc3C)CC2)cc1C. The Balaban J connectivity index is 1.54. The van der Waals surface area contributed by atoms with E-state index < -0.39 is 10.0 Å². The summed E-state index contributed by atoms with van der Waals surface area (Å²) in [6.45, 7) is 11.0. The van der Waals surface area contributed by atoms with Gasteiger partial charge in [-0.2, -0.15) is 0 Å². The third-order valence-electron chi connectivity index (χ3n) is 5.76. The molecule has 0 spiro atoms. The van der Waals surface area contributed by atoms with Gasteiger partial charge in [0.1, 0.15) is 17.3 Å². The smallest absolute Gasteiger partial charge is 0.240 e. The second-order valence-electron chi connectivity index (χ2n) is 8.10. The van der Waals surface area contributed by atoms with Gasteiger partial charge < -0.3 is 9.15 Å². The minimum atomic E-state index is -3.53. The van der Waals surface area contributed by atoms with E-state index in [1.165, 1.54) is 5.56 Å². The maximum absolute atomic E-state index is 12.8. The minimum Gasteiger partial charge on any atom is -0.496 e. The Morgan fingerprint density at radius 3 is 2.24 bits per heavy atom. The van der Waals surface area contributed by atoms with Gasteiger partial charge in [0.15, 0.2) is 0 Å². The van der Waals surface area contributed by atoms with Gasteiger partial charge in [-0.3, -0.25) is 4.90 Å². The standard InChI is InChI=1S/C22H32N2O4S/c1-15-10-21(11-16(2)22(15)27-5)29(25,26)23-13-19-6-8-24(9-7-19)14-20-12-17(3)28-18(20)4/h10-12,19,23H,6-9,13-14H2,1-5H3. The third-order valence-corrected chi connectivity index (χ3v) is 7.16. The molecule has 0 atom stereocenters. The van der Waals surface area contributed by atoms with Crippen LogP contribution < -0.4 is 9.46 Å². The molecule has 1 aromatic heterocycles. The molecular weight excluding hydrogens is 388 g/mol. The first-order valence-electron chi connectivity index (χ1n) is 10.1. The fourth-order valence-corrected chi connectivity index (χ4v) is 5.41. The van der Waals surface area contributed by atoms with Crippen LogP contribution in [0.1, 0.15) is 41.1 Å². The summed E-state index contributed by atoms with van der Waals surface area (Å²) >= 11 is 0. The van der Waals surface area contributed by atoms with E-state index in [0.717, 1.165) is 60.9 Å². The number of nitrogens with one attached hydrogen (secondary N) is 1. The van der Waals surface area contributed by atoms with Crippen molar-refractivity contribution in [1.29, 1.82) is 0 Å². The fourth-order valence-electron chi connectivity index (χ4n) is 4.13. The number of nitrogens with zero attached hydrogens (tertiary/aromatic N) is 1. The summed E-state index contributed by atoms with van der Waals surface area (Å²) in [5, 5.41) is 0. The van der Waals surface area contributed by atoms with Crippen molar-refractivity contribution in [2.75, 3.05) is 26.7 Å². The summed E-state index contributed by atoms with van der Waals surface area (Å²) in [7, 11) is -1.93. The Kier molecular flexibility index (Phi) is 6.71. The van der Waals surface area contributed by atoms with Gasteiger partial charge in [0.05, 0.1) is 12.0 Å². The highest BCUT2D eigenvalue weighted by atomic mass is 32.2. The van der Waals surface area contributed by atoms with E-state index in [4.69, 9.17) is 9.15 Å². The number of ether oxygens (including phenoxy) is 1. The molecule has 0 bridgehead atoms. The maximum Gasteiger partial charge on any atom is 0.240 e. The zero-order valence-electron chi connectivity index (χ0n) is 18.0. The molecule has 0 amide bonds. The topological polar surface area (TPSA) is 71.8 Å². The van der Waals surface area contributed by atoms with Gasteiger partial charge in [-0.05, 0) is 88.9 Å². The second kappa shape index (κ2) is 8.90. The number of piperidine rings is 1. The molecule has 7 heteroatoms. The van der Waals surface area contributed by atoms with Crippen LogP contribution in [0, 0.1) is 33.6 Å². The molecule has 0 aliphatic carbocycles. The predicted molar refractivity (Wildman–Crippen MR) is 114 cm³/mol. The molecule has 6 nitrogen and oxygen atoms in total. The summed E-state index contributed by atoms with van der Waals surface area (Å²) in [5.74, 6) is 3.03. The van der Waals surface area contributed by atoms with Crippen molar-refractivity contribution in [2.45, 2.75) is 52.0 Å². The Hall–Kier alpha value is -1.83. The largest absolute Gasteiger partial charge is 0.496 e. The molecule has 0 unspecified atom stereocenters. The number of methoxy groups -OCH3 is 1. The fraction of sp³-hybridized carbons (Fsp3) is 0.545. The Bertz CT molecular complexity index is 934. The van der Waals surface area contributed by atoms with Gasteiger partial charge in [-0.15, -0.1) is 0 Å². The van der Waals surface area contributed by atoms with Crippen molar-refractivity contribution < 1.29 is 17.6 Å². The molecule has 1 N–H and O–H groups in total. The van der Waals surface area contributed by atoms with Gasteiger partial charge in [-0.25, -0.2) is 13.1 Å². The second-order valence-corrected chi connectivity index (χ2v) is 9.87. The predicted octanol–water partition coefficient (Wildman–Crippen LogP) is 3.71. The van der Waals surface area contributed by atoms with Crippen LogP contribution in [-0.4, -0.2) is 40.1 Å². The molecule has 0 saturated carbocycles. The van der Waals surface area contributed by atoms with Crippen LogP contribution in [0.15, 0.2) is 27.5 Å². The van der Waals surface area contributed by atoms with Crippen LogP contribution in [0.2, 0.25) is 0 Å².